The molecule has 100 valence electrons. The van der Waals surface area contributed by atoms with Crippen LogP contribution in [0.3, 0.4) is 0 Å². The fourth-order valence-corrected chi connectivity index (χ4v) is 1.33. The number of allylic oxidation sites excluding steroid dienone is 1. The zero-order chi connectivity index (χ0) is 13.1. The first-order valence-corrected chi connectivity index (χ1v) is 6.59. The van der Waals surface area contributed by atoms with Gasteiger partial charge in [0, 0.05) is 6.08 Å². The maximum absolute atomic E-state index is 11.3. The molecule has 0 spiro atoms. The Labute approximate surface area is 105 Å². The number of hydrogen-bond acceptors (Lipinski definition) is 3. The second-order valence-corrected chi connectivity index (χ2v) is 4.58. The number of aliphatic hydroxyl groups excluding tert-OH is 1. The summed E-state index contributed by atoms with van der Waals surface area (Å²) >= 11 is 0. The van der Waals surface area contributed by atoms with Crippen molar-refractivity contribution >= 4 is 5.97 Å². The van der Waals surface area contributed by atoms with E-state index in [-0.39, 0.29) is 18.0 Å². The molecule has 0 radical (unpaired) electrons. The molecule has 0 bridgehead atoms. The van der Waals surface area contributed by atoms with Gasteiger partial charge in [-0.1, -0.05) is 39.2 Å². The van der Waals surface area contributed by atoms with Crippen LogP contribution in [0, 0.1) is 5.92 Å². The smallest absolute Gasteiger partial charge is 0.330 e. The number of carbonyl (C=O) groups excluding carboxylic acids is 1. The lowest BCUT2D eigenvalue weighted by molar-refractivity contribution is -0.137. The minimum atomic E-state index is -0.343. The minimum Gasteiger partial charge on any atom is -0.463 e. The van der Waals surface area contributed by atoms with Crippen molar-refractivity contribution in [1.29, 1.82) is 0 Å². The maximum atomic E-state index is 11.3. The quantitative estimate of drug-likeness (QED) is 0.384. The number of aliphatic hydroxyl groups is 1. The second kappa shape index (κ2) is 10.3. The van der Waals surface area contributed by atoms with E-state index in [0.717, 1.165) is 12.8 Å². The van der Waals surface area contributed by atoms with Crippen LogP contribution in [0.15, 0.2) is 12.2 Å². The Hall–Kier alpha value is -0.830. The van der Waals surface area contributed by atoms with Crippen LogP contribution < -0.4 is 0 Å². The SMILES string of the molecule is CCCCCCOC(=O)/C=C/C[C@@H](C)[C@H](C)O. The Kier molecular flexibility index (Phi) is 9.83. The standard InChI is InChI=1S/C14H26O3/c1-4-5-6-7-11-17-14(16)10-8-9-12(2)13(3)15/h8,10,12-13,15H,4-7,9,11H2,1-3H3/b10-8+/t12-,13+/m1/s1. The normalized spacial score (nSPS) is 14.8. The van der Waals surface area contributed by atoms with Gasteiger partial charge in [-0.15, -0.1) is 0 Å². The summed E-state index contributed by atoms with van der Waals surface area (Å²) in [4.78, 5) is 11.3. The van der Waals surface area contributed by atoms with Crippen molar-refractivity contribution in [1.82, 2.24) is 0 Å². The summed E-state index contributed by atoms with van der Waals surface area (Å²) in [5.41, 5.74) is 0. The van der Waals surface area contributed by atoms with Crippen molar-refractivity contribution in [2.75, 3.05) is 6.61 Å². The van der Waals surface area contributed by atoms with Crippen molar-refractivity contribution < 1.29 is 14.6 Å². The van der Waals surface area contributed by atoms with Crippen LogP contribution in [0.25, 0.3) is 0 Å². The molecule has 0 aliphatic heterocycles. The molecule has 1 N–H and O–H groups in total. The van der Waals surface area contributed by atoms with Crippen molar-refractivity contribution in [3.8, 4) is 0 Å². The summed E-state index contributed by atoms with van der Waals surface area (Å²) in [7, 11) is 0. The number of ether oxygens (including phenoxy) is 1. The first kappa shape index (κ1) is 16.2. The molecule has 17 heavy (non-hydrogen) atoms. The summed E-state index contributed by atoms with van der Waals surface area (Å²) in [5, 5.41) is 9.26. The molecule has 0 rings (SSSR count). The van der Waals surface area contributed by atoms with Gasteiger partial charge in [-0.2, -0.15) is 0 Å². The molecule has 0 fully saturated rings. The molecule has 0 amide bonds. The monoisotopic (exact) mass is 242 g/mol. The zero-order valence-electron chi connectivity index (χ0n) is 11.3. The average molecular weight is 242 g/mol. The average Bonchev–Trinajstić information content (AvgIpc) is 2.28. The Balaban J connectivity index is 3.54. The Morgan fingerprint density at radius 1 is 1.29 bits per heavy atom. The second-order valence-electron chi connectivity index (χ2n) is 4.58. The number of hydrogen-bond donors (Lipinski definition) is 1. The zero-order valence-corrected chi connectivity index (χ0v) is 11.3. The molecule has 3 heteroatoms. The summed E-state index contributed by atoms with van der Waals surface area (Å²) in [6.07, 6.45) is 8.02. The molecule has 2 atom stereocenters. The van der Waals surface area contributed by atoms with Crippen LogP contribution in [0.5, 0.6) is 0 Å². The van der Waals surface area contributed by atoms with Gasteiger partial charge in [0.25, 0.3) is 0 Å². The van der Waals surface area contributed by atoms with Gasteiger partial charge < -0.3 is 9.84 Å². The van der Waals surface area contributed by atoms with Gasteiger partial charge in [-0.25, -0.2) is 4.79 Å². The van der Waals surface area contributed by atoms with Crippen LogP contribution >= 0.6 is 0 Å². The van der Waals surface area contributed by atoms with Crippen molar-refractivity contribution in [3.63, 3.8) is 0 Å². The van der Waals surface area contributed by atoms with Gasteiger partial charge in [0.2, 0.25) is 0 Å². The summed E-state index contributed by atoms with van der Waals surface area (Å²) in [5.74, 6) is -0.108. The Bertz CT molecular complexity index is 222. The van der Waals surface area contributed by atoms with E-state index >= 15 is 0 Å². The third-order valence-corrected chi connectivity index (χ3v) is 2.83. The predicted octanol–water partition coefficient (Wildman–Crippen LogP) is 3.07. The third-order valence-electron chi connectivity index (χ3n) is 2.83. The maximum Gasteiger partial charge on any atom is 0.330 e. The molecule has 0 aliphatic rings. The van der Waals surface area contributed by atoms with E-state index in [4.69, 9.17) is 4.74 Å². The molecule has 0 aromatic carbocycles. The highest BCUT2D eigenvalue weighted by atomic mass is 16.5. The highest BCUT2D eigenvalue weighted by Crippen LogP contribution is 2.08. The highest BCUT2D eigenvalue weighted by Gasteiger charge is 2.06. The van der Waals surface area contributed by atoms with Gasteiger partial charge in [0.1, 0.15) is 0 Å². The van der Waals surface area contributed by atoms with E-state index in [2.05, 4.69) is 6.92 Å². The van der Waals surface area contributed by atoms with Crippen LogP contribution in [0.4, 0.5) is 0 Å². The van der Waals surface area contributed by atoms with E-state index in [0.29, 0.717) is 13.0 Å². The third kappa shape index (κ3) is 10.1. The molecule has 0 unspecified atom stereocenters. The number of esters is 1. The van der Waals surface area contributed by atoms with Gasteiger partial charge in [0.15, 0.2) is 0 Å². The molecule has 3 nitrogen and oxygen atoms in total. The largest absolute Gasteiger partial charge is 0.463 e. The molecule has 0 saturated heterocycles. The van der Waals surface area contributed by atoms with Crippen LogP contribution in [0.2, 0.25) is 0 Å². The topological polar surface area (TPSA) is 46.5 Å². The lowest BCUT2D eigenvalue weighted by Gasteiger charge is -2.10. The summed E-state index contributed by atoms with van der Waals surface area (Å²) in [6, 6.07) is 0. The predicted molar refractivity (Wildman–Crippen MR) is 69.7 cm³/mol. The first-order chi connectivity index (χ1) is 8.07. The van der Waals surface area contributed by atoms with Gasteiger partial charge >= 0.3 is 5.97 Å². The summed E-state index contributed by atoms with van der Waals surface area (Å²) in [6.45, 7) is 6.36. The van der Waals surface area contributed by atoms with Crippen molar-refractivity contribution in [2.24, 2.45) is 5.92 Å². The fraction of sp³-hybridized carbons (Fsp3) is 0.786. The van der Waals surface area contributed by atoms with Crippen molar-refractivity contribution in [2.45, 2.75) is 59.0 Å². The number of rotatable bonds is 9. The van der Waals surface area contributed by atoms with Crippen LogP contribution in [-0.4, -0.2) is 23.8 Å². The molecule has 0 aromatic rings. The van der Waals surface area contributed by atoms with Crippen LogP contribution in [0.1, 0.15) is 52.9 Å². The molecule has 0 saturated carbocycles. The summed E-state index contributed by atoms with van der Waals surface area (Å²) < 4.78 is 5.04. The van der Waals surface area contributed by atoms with E-state index in [1.807, 2.05) is 6.92 Å². The molecule has 0 aromatic heterocycles. The molecule has 0 aliphatic carbocycles. The van der Waals surface area contributed by atoms with Gasteiger partial charge in [0.05, 0.1) is 12.7 Å². The van der Waals surface area contributed by atoms with Gasteiger partial charge in [-0.3, -0.25) is 0 Å². The fourth-order valence-electron chi connectivity index (χ4n) is 1.33. The molecular formula is C14H26O3. The van der Waals surface area contributed by atoms with Gasteiger partial charge in [-0.05, 0) is 25.7 Å². The van der Waals surface area contributed by atoms with E-state index in [1.54, 1.807) is 13.0 Å². The Morgan fingerprint density at radius 3 is 2.59 bits per heavy atom. The lowest BCUT2D eigenvalue weighted by Crippen LogP contribution is -2.12. The minimum absolute atomic E-state index is 0.170. The van der Waals surface area contributed by atoms with Crippen molar-refractivity contribution in [3.05, 3.63) is 12.2 Å². The number of unbranched alkanes of at least 4 members (excludes halogenated alkanes) is 3. The van der Waals surface area contributed by atoms with E-state index in [9.17, 15) is 9.90 Å². The molecule has 0 heterocycles. The first-order valence-electron chi connectivity index (χ1n) is 6.59. The lowest BCUT2D eigenvalue weighted by atomic mass is 10.0. The Morgan fingerprint density at radius 2 is 2.00 bits per heavy atom. The van der Waals surface area contributed by atoms with E-state index < -0.39 is 0 Å². The molecular weight excluding hydrogens is 216 g/mol. The van der Waals surface area contributed by atoms with E-state index in [1.165, 1.54) is 18.9 Å². The number of carbonyl (C=O) groups is 1. The highest BCUT2D eigenvalue weighted by molar-refractivity contribution is 5.81. The van der Waals surface area contributed by atoms with Crippen LogP contribution in [-0.2, 0) is 9.53 Å².